The molecule has 7 rings (SSSR count). The number of unbranched alkanes of at least 4 members (excludes halogenated alkanes) is 2. The standard InChI is InChI=1S/C43H60F3N14O19P3S3/c44-43(45,46)42(58-59-42)24-10-8-23(9-11-24)35(63)50-16-18-85-84-17-12-31(62)53-26(5-3-4-13-48-30(61)7-2-1-6-29-32-27(21-83-29)54-40(66)55-32)36(64)49-14-15-51-41(67)77-28-19-25(20-75-81(71,72)79-82(73,74)78-80(68,69)70)76-38(28)60-22-52-33-34(60)56-39(47)57-37(33)65/h8-11,22,25-29,32,38H,1-7,12-21H2,(H,48,61)(H,49,64)(H,50,63)(H,51,67)(H,53,62)(H,71,72)(H,73,74)(H2,54,55,66)(H2,68,69,70)(H3,47,56,57,65)/t25-,26?,27?,28?,29?,32?,38+/m0/s1. The second-order valence-corrected chi connectivity index (χ2v) is 27.5. The zero-order valence-electron chi connectivity index (χ0n) is 44.4. The maximum atomic E-state index is 13.6. The van der Waals surface area contributed by atoms with Crippen LogP contribution in [0.1, 0.15) is 79.9 Å². The van der Waals surface area contributed by atoms with Gasteiger partial charge in [0.25, 0.3) is 11.5 Å². The van der Waals surface area contributed by atoms with E-state index in [4.69, 9.17) is 29.5 Å². The van der Waals surface area contributed by atoms with Crippen LogP contribution < -0.4 is 48.5 Å². The minimum Gasteiger partial charge on any atom is -0.441 e. The van der Waals surface area contributed by atoms with Crippen LogP contribution in [-0.2, 0) is 56.4 Å². The molecule has 470 valence electrons. The Bertz CT molecular complexity index is 3140. The van der Waals surface area contributed by atoms with Gasteiger partial charge in [-0.15, -0.1) is 10.2 Å². The number of benzene rings is 1. The molecule has 0 spiro atoms. The first-order valence-corrected chi connectivity index (χ1v) is 33.9. The maximum Gasteiger partial charge on any atom is 0.490 e. The first kappa shape index (κ1) is 67.1. The number of nitrogen functional groups attached to an aromatic ring is 1. The summed E-state index contributed by atoms with van der Waals surface area (Å²) < 4.78 is 100. The average Bonchev–Trinajstić information content (AvgIpc) is 2.13. The number of alkyl halides is 3. The van der Waals surface area contributed by atoms with Crippen LogP contribution in [0, 0.1) is 0 Å². The van der Waals surface area contributed by atoms with E-state index in [0.717, 1.165) is 41.6 Å². The molecule has 9 atom stereocenters. The molecule has 7 amide bonds. The van der Waals surface area contributed by atoms with E-state index in [9.17, 15) is 70.2 Å². The largest absolute Gasteiger partial charge is 0.490 e. The van der Waals surface area contributed by atoms with Crippen molar-refractivity contribution in [3.05, 3.63) is 52.1 Å². The number of imidazole rings is 1. The van der Waals surface area contributed by atoms with Gasteiger partial charge in [0.15, 0.2) is 23.5 Å². The summed E-state index contributed by atoms with van der Waals surface area (Å²) in [5.74, 6) is -0.549. The number of aromatic amines is 1. The molecule has 3 fully saturated rings. The van der Waals surface area contributed by atoms with Crippen molar-refractivity contribution in [1.29, 1.82) is 0 Å². The smallest absolute Gasteiger partial charge is 0.441 e. The Morgan fingerprint density at radius 1 is 0.882 bits per heavy atom. The van der Waals surface area contributed by atoms with E-state index in [-0.39, 0.29) is 96.4 Å². The number of phosphoric ester groups is 1. The van der Waals surface area contributed by atoms with E-state index in [0.29, 0.717) is 43.7 Å². The summed E-state index contributed by atoms with van der Waals surface area (Å²) in [5, 5.41) is 25.8. The van der Waals surface area contributed by atoms with E-state index < -0.39 is 95.8 Å². The minimum absolute atomic E-state index is 0.0202. The molecular formula is C43H60F3N14O19P3S3. The highest BCUT2D eigenvalue weighted by molar-refractivity contribution is 8.76. The van der Waals surface area contributed by atoms with Crippen LogP contribution in [-0.4, -0.2) is 167 Å². The molecule has 33 nitrogen and oxygen atoms in total. The fourth-order valence-corrected chi connectivity index (χ4v) is 15.4. The summed E-state index contributed by atoms with van der Waals surface area (Å²) in [6.45, 7) is -0.905. The van der Waals surface area contributed by atoms with Crippen molar-refractivity contribution in [1.82, 2.24) is 56.7 Å². The van der Waals surface area contributed by atoms with Crippen molar-refractivity contribution in [3.8, 4) is 0 Å². The van der Waals surface area contributed by atoms with Crippen molar-refractivity contribution in [2.75, 3.05) is 55.8 Å². The van der Waals surface area contributed by atoms with E-state index in [2.05, 4.69) is 71.0 Å². The number of ether oxygens (including phenoxy) is 2. The van der Waals surface area contributed by atoms with E-state index in [1.54, 1.807) is 11.8 Å². The molecule has 0 radical (unpaired) electrons. The molecule has 1 aromatic carbocycles. The molecule has 4 aliphatic rings. The number of hydrogen-bond acceptors (Lipinski definition) is 23. The molecule has 3 aromatic rings. The van der Waals surface area contributed by atoms with E-state index >= 15 is 0 Å². The lowest BCUT2D eigenvalue weighted by Gasteiger charge is -2.21. The fraction of sp³-hybridized carbons (Fsp3) is 0.605. The number of urea groups is 1. The number of rotatable bonds is 33. The normalized spacial score (nSPS) is 22.3. The number of nitrogens with zero attached hydrogens (tertiary/aromatic N) is 5. The van der Waals surface area contributed by atoms with Gasteiger partial charge in [-0.25, -0.2) is 28.3 Å². The van der Waals surface area contributed by atoms with Crippen molar-refractivity contribution >= 4 is 110 Å². The summed E-state index contributed by atoms with van der Waals surface area (Å²) in [5.41, 5.74) is 1.92. The van der Waals surface area contributed by atoms with Gasteiger partial charge in [-0.3, -0.25) is 38.0 Å². The van der Waals surface area contributed by atoms with E-state index in [1.165, 1.54) is 33.7 Å². The van der Waals surface area contributed by atoms with Crippen LogP contribution in [0.4, 0.5) is 28.7 Å². The predicted molar refractivity (Wildman–Crippen MR) is 296 cm³/mol. The second kappa shape index (κ2) is 29.5. The Morgan fingerprint density at radius 3 is 2.33 bits per heavy atom. The highest BCUT2D eigenvalue weighted by Gasteiger charge is 2.65. The number of anilines is 1. The van der Waals surface area contributed by atoms with Crippen LogP contribution in [0.5, 0.6) is 0 Å². The van der Waals surface area contributed by atoms with Gasteiger partial charge < -0.3 is 72.0 Å². The quantitative estimate of drug-likeness (QED) is 0.0180. The first-order valence-electron chi connectivity index (χ1n) is 25.9. The number of amides is 7. The number of thioether (sulfide) groups is 1. The Hall–Kier alpha value is -5.40. The maximum absolute atomic E-state index is 13.6. The number of H-pyrrole nitrogens is 1. The summed E-state index contributed by atoms with van der Waals surface area (Å²) in [7, 11) is -14.5. The molecule has 0 bridgehead atoms. The number of carbonyl (C=O) groups excluding carboxylic acids is 6. The molecule has 14 N–H and O–H groups in total. The van der Waals surface area contributed by atoms with Gasteiger partial charge in [0.05, 0.1) is 31.1 Å². The molecule has 7 unspecified atom stereocenters. The van der Waals surface area contributed by atoms with Crippen LogP contribution >= 0.6 is 56.8 Å². The zero-order valence-corrected chi connectivity index (χ0v) is 49.5. The number of aromatic nitrogens is 4. The van der Waals surface area contributed by atoms with Crippen LogP contribution in [0.15, 0.2) is 45.6 Å². The zero-order chi connectivity index (χ0) is 61.7. The van der Waals surface area contributed by atoms with Gasteiger partial charge in [0.1, 0.15) is 6.04 Å². The van der Waals surface area contributed by atoms with Crippen molar-refractivity contribution in [2.45, 2.75) is 111 Å². The van der Waals surface area contributed by atoms with Gasteiger partial charge in [0.2, 0.25) is 23.7 Å². The Kier molecular flexibility index (Phi) is 23.3. The van der Waals surface area contributed by atoms with E-state index in [1.807, 2.05) is 0 Å². The third-order valence-corrected chi connectivity index (χ3v) is 20.6. The molecule has 3 saturated heterocycles. The fourth-order valence-electron chi connectivity index (χ4n) is 8.89. The van der Waals surface area contributed by atoms with Gasteiger partial charge in [-0.2, -0.15) is 38.5 Å². The topological polar surface area (TPSA) is 479 Å². The number of nitrogens with two attached hydrogens (primary N) is 1. The molecule has 85 heavy (non-hydrogen) atoms. The summed E-state index contributed by atoms with van der Waals surface area (Å²) in [6, 6.07) is 3.73. The lowest BCUT2D eigenvalue weighted by Crippen LogP contribution is -2.48. The molecule has 6 heterocycles. The summed E-state index contributed by atoms with van der Waals surface area (Å²) in [4.78, 5) is 137. The number of halogens is 3. The number of alkyl carbamates (subject to hydrolysis) is 1. The highest BCUT2D eigenvalue weighted by Crippen LogP contribution is 2.66. The lowest BCUT2D eigenvalue weighted by molar-refractivity contribution is -0.166. The van der Waals surface area contributed by atoms with Crippen LogP contribution in [0.3, 0.4) is 0 Å². The molecule has 2 aromatic heterocycles. The predicted octanol–water partition coefficient (Wildman–Crippen LogP) is 2.42. The summed E-state index contributed by atoms with van der Waals surface area (Å²) in [6.07, 6.45) is -5.54. The lowest BCUT2D eigenvalue weighted by atomic mass is 10.0. The Balaban J connectivity index is 0.863. The van der Waals surface area contributed by atoms with Crippen LogP contribution in [0.25, 0.3) is 11.2 Å². The van der Waals surface area contributed by atoms with Gasteiger partial charge in [-0.05, 0) is 44.2 Å². The number of phosphoric acid groups is 3. The molecule has 0 aliphatic carbocycles. The molecule has 4 aliphatic heterocycles. The van der Waals surface area contributed by atoms with Crippen molar-refractivity contribution in [2.24, 2.45) is 10.2 Å². The van der Waals surface area contributed by atoms with Crippen molar-refractivity contribution in [3.63, 3.8) is 0 Å². The molecule has 42 heteroatoms. The molecule has 0 saturated carbocycles. The number of fused-ring (bicyclic) bond motifs is 2. The monoisotopic (exact) mass is 1320 g/mol. The van der Waals surface area contributed by atoms with Crippen LogP contribution in [0.2, 0.25) is 0 Å². The third-order valence-electron chi connectivity index (χ3n) is 12.8. The Morgan fingerprint density at radius 2 is 1.61 bits per heavy atom. The average molecular weight is 1320 g/mol. The SMILES string of the molecule is Nc1nc2c(ncn2[C@@H]2O[C@H](COP(=O)(O)OP(=O)(O)OP(=O)(O)O)CC2OC(=O)NCCNC(=O)C(CCCCNC(=O)CCCCC2SCC3NC(=O)NC32)NC(=O)CCSSCCNC(=O)c2ccc(C3(C(F)(F)F)N=N3)cc2)c(=O)[nH]1. The number of carbonyl (C=O) groups is 6. The second-order valence-electron chi connectivity index (χ2n) is 19.1. The third kappa shape index (κ3) is 19.8. The minimum atomic E-state index is -5.87. The number of nitrogens with one attached hydrogen (secondary N) is 8. The van der Waals surface area contributed by atoms with Crippen molar-refractivity contribution < 1.29 is 97.8 Å². The van der Waals surface area contributed by atoms with Gasteiger partial charge in [-0.1, -0.05) is 40.1 Å². The summed E-state index contributed by atoms with van der Waals surface area (Å²) >= 11 is 1.79. The highest BCUT2D eigenvalue weighted by atomic mass is 33.1. The number of hydrogen-bond donors (Lipinski definition) is 13. The van der Waals surface area contributed by atoms with Gasteiger partial charge in [0, 0.05) is 79.1 Å². The Labute approximate surface area is 491 Å². The van der Waals surface area contributed by atoms with Gasteiger partial charge >= 0.3 is 47.4 Å². The molecular weight excluding hydrogens is 1260 g/mol. The first-order chi connectivity index (χ1) is 40.1.